The van der Waals surface area contributed by atoms with Gasteiger partial charge in [0.05, 0.1) is 24.5 Å². The van der Waals surface area contributed by atoms with E-state index in [0.29, 0.717) is 28.2 Å². The van der Waals surface area contributed by atoms with Crippen LogP contribution in [0.4, 0.5) is 10.3 Å². The molecule has 3 N–H and O–H groups in total. The summed E-state index contributed by atoms with van der Waals surface area (Å²) in [4.78, 5) is 25.4. The second-order valence-corrected chi connectivity index (χ2v) is 13.5. The minimum Gasteiger partial charge on any atom is -0.317 e. The first-order valence-electron chi connectivity index (χ1n) is 15.1. The van der Waals surface area contributed by atoms with Crippen molar-refractivity contribution in [1.82, 2.24) is 25.7 Å². The lowest BCUT2D eigenvalue weighted by molar-refractivity contribution is -0.116. The van der Waals surface area contributed by atoms with Crippen LogP contribution in [0.5, 0.6) is 0 Å². The molecule has 2 aromatic heterocycles. The molecule has 226 valence electrons. The molecule has 0 spiro atoms. The first-order chi connectivity index (χ1) is 21.5. The zero-order valence-electron chi connectivity index (χ0n) is 24.3. The summed E-state index contributed by atoms with van der Waals surface area (Å²) < 4.78 is 0. The van der Waals surface area contributed by atoms with Crippen molar-refractivity contribution in [3.8, 4) is 6.07 Å². The van der Waals surface area contributed by atoms with Gasteiger partial charge >= 0.3 is 0 Å². The van der Waals surface area contributed by atoms with E-state index >= 15 is 0 Å². The van der Waals surface area contributed by atoms with Gasteiger partial charge in [-0.3, -0.25) is 9.59 Å². The minimum absolute atomic E-state index is 0.0853. The van der Waals surface area contributed by atoms with E-state index < -0.39 is 0 Å². The Balaban J connectivity index is 1.01. The van der Waals surface area contributed by atoms with Crippen LogP contribution in [0.25, 0.3) is 0 Å². The van der Waals surface area contributed by atoms with E-state index in [1.807, 2.05) is 18.2 Å². The van der Waals surface area contributed by atoms with Crippen molar-refractivity contribution in [2.24, 2.45) is 0 Å². The standard InChI is InChI=1S/C32H34N8O2S2/c33-19-22-6-1-4-20(14-22)16-27(41)35-31-39-37-29(43-31)25-8-3-9-26(18-25)30-38-40-32(44-30)36-28(42)17-21-5-2-7-24(15-21)23-10-12-34-13-11-23/h1-2,4-7,14-15,23,25-26,34H,3,8-13,16-18H2,(H,35,39,41)(H,36,40,42)/t25-,26-/m0/s1. The molecule has 44 heavy (non-hydrogen) atoms. The largest absolute Gasteiger partial charge is 0.317 e. The average molecular weight is 627 g/mol. The Hall–Kier alpha value is -4.05. The van der Waals surface area contributed by atoms with Gasteiger partial charge < -0.3 is 16.0 Å². The van der Waals surface area contributed by atoms with E-state index in [1.54, 1.807) is 18.2 Å². The Morgan fingerprint density at radius 2 is 1.39 bits per heavy atom. The molecule has 3 heterocycles. The maximum atomic E-state index is 12.9. The molecular formula is C32H34N8O2S2. The third-order valence-corrected chi connectivity index (χ3v) is 10.3. The van der Waals surface area contributed by atoms with Crippen LogP contribution in [0.2, 0.25) is 0 Å². The zero-order valence-corrected chi connectivity index (χ0v) is 25.9. The highest BCUT2D eigenvalue weighted by atomic mass is 32.1. The predicted octanol–water partition coefficient (Wildman–Crippen LogP) is 5.53. The number of aromatic nitrogens is 4. The van der Waals surface area contributed by atoms with Gasteiger partial charge in [0.1, 0.15) is 10.0 Å². The molecule has 1 aliphatic heterocycles. The molecule has 0 bridgehead atoms. The van der Waals surface area contributed by atoms with Gasteiger partial charge in [0.15, 0.2) is 0 Å². The number of rotatable bonds is 9. The first-order valence-corrected chi connectivity index (χ1v) is 16.7. The molecule has 0 radical (unpaired) electrons. The monoisotopic (exact) mass is 626 g/mol. The number of amides is 2. The van der Waals surface area contributed by atoms with Crippen molar-refractivity contribution in [2.75, 3.05) is 23.7 Å². The van der Waals surface area contributed by atoms with Gasteiger partial charge in [0.25, 0.3) is 0 Å². The summed E-state index contributed by atoms with van der Waals surface area (Å²) in [5.74, 6) is 0.723. The molecule has 12 heteroatoms. The lowest BCUT2D eigenvalue weighted by Gasteiger charge is -2.25. The summed E-state index contributed by atoms with van der Waals surface area (Å²) in [6.45, 7) is 2.08. The van der Waals surface area contributed by atoms with E-state index in [0.717, 1.165) is 72.8 Å². The van der Waals surface area contributed by atoms with E-state index in [1.165, 1.54) is 28.2 Å². The molecule has 2 aromatic carbocycles. The smallest absolute Gasteiger partial charge is 0.230 e. The molecule has 2 atom stereocenters. The SMILES string of the molecule is N#Cc1cccc(CC(=O)Nc2nnc([C@H]3CCC[C@H](c4nnc(NC(=O)Cc5cccc(C6CCNCC6)c5)s4)C3)s2)c1. The zero-order chi connectivity index (χ0) is 30.3. The van der Waals surface area contributed by atoms with Crippen molar-refractivity contribution < 1.29 is 9.59 Å². The predicted molar refractivity (Wildman–Crippen MR) is 171 cm³/mol. The lowest BCUT2D eigenvalue weighted by atomic mass is 9.82. The Morgan fingerprint density at radius 1 is 0.795 bits per heavy atom. The highest BCUT2D eigenvalue weighted by Crippen LogP contribution is 2.43. The fraction of sp³-hybridized carbons (Fsp3) is 0.406. The number of carbonyl (C=O) groups is 2. The third kappa shape index (κ3) is 7.72. The molecule has 1 saturated heterocycles. The maximum absolute atomic E-state index is 12.9. The van der Waals surface area contributed by atoms with Crippen molar-refractivity contribution in [2.45, 2.75) is 69.1 Å². The van der Waals surface area contributed by atoms with Gasteiger partial charge in [-0.15, -0.1) is 20.4 Å². The van der Waals surface area contributed by atoms with Gasteiger partial charge in [0, 0.05) is 11.8 Å². The highest BCUT2D eigenvalue weighted by Gasteiger charge is 2.29. The van der Waals surface area contributed by atoms with Crippen molar-refractivity contribution in [1.29, 1.82) is 5.26 Å². The highest BCUT2D eigenvalue weighted by molar-refractivity contribution is 7.15. The van der Waals surface area contributed by atoms with E-state index in [4.69, 9.17) is 5.26 Å². The molecule has 0 unspecified atom stereocenters. The number of nitrogens with one attached hydrogen (secondary N) is 3. The van der Waals surface area contributed by atoms with Crippen molar-refractivity contribution in [3.05, 3.63) is 80.8 Å². The third-order valence-electron chi connectivity index (χ3n) is 8.29. The number of carbonyl (C=O) groups excluding carboxylic acids is 2. The summed E-state index contributed by atoms with van der Waals surface area (Å²) in [5, 5.41) is 38.5. The van der Waals surface area contributed by atoms with Crippen LogP contribution >= 0.6 is 22.7 Å². The fourth-order valence-corrected chi connectivity index (χ4v) is 7.91. The summed E-state index contributed by atoms with van der Waals surface area (Å²) in [7, 11) is 0. The summed E-state index contributed by atoms with van der Waals surface area (Å²) in [6.07, 6.45) is 6.63. The number of hydrogen-bond acceptors (Lipinski definition) is 10. The van der Waals surface area contributed by atoms with Gasteiger partial charge in [0.2, 0.25) is 22.1 Å². The molecule has 1 saturated carbocycles. The molecule has 6 rings (SSSR count). The molecule has 1 aliphatic carbocycles. The number of hydrogen-bond donors (Lipinski definition) is 3. The fourth-order valence-electron chi connectivity index (χ4n) is 6.10. The Labute approximate surface area is 264 Å². The van der Waals surface area contributed by atoms with Gasteiger partial charge in [-0.25, -0.2) is 0 Å². The van der Waals surface area contributed by atoms with Crippen LogP contribution in [0, 0.1) is 11.3 Å². The van der Waals surface area contributed by atoms with Gasteiger partial charge in [-0.1, -0.05) is 65.5 Å². The van der Waals surface area contributed by atoms with Gasteiger partial charge in [-0.05, 0) is 79.9 Å². The van der Waals surface area contributed by atoms with E-state index in [9.17, 15) is 9.59 Å². The molecule has 10 nitrogen and oxygen atoms in total. The van der Waals surface area contributed by atoms with Gasteiger partial charge in [-0.2, -0.15) is 5.26 Å². The Kier molecular flexibility index (Phi) is 9.65. The minimum atomic E-state index is -0.192. The van der Waals surface area contributed by atoms with Crippen molar-refractivity contribution in [3.63, 3.8) is 0 Å². The number of nitrogens with zero attached hydrogens (tertiary/aromatic N) is 5. The summed E-state index contributed by atoms with van der Waals surface area (Å²) >= 11 is 2.86. The molecule has 2 amide bonds. The number of piperidine rings is 1. The maximum Gasteiger partial charge on any atom is 0.230 e. The number of anilines is 2. The average Bonchev–Trinajstić information content (AvgIpc) is 3.72. The molecular weight excluding hydrogens is 593 g/mol. The molecule has 2 fully saturated rings. The quantitative estimate of drug-likeness (QED) is 0.220. The number of nitriles is 1. The van der Waals surface area contributed by atoms with Crippen LogP contribution in [-0.4, -0.2) is 45.3 Å². The van der Waals surface area contributed by atoms with Crippen LogP contribution in [0.3, 0.4) is 0 Å². The van der Waals surface area contributed by atoms with Crippen LogP contribution in [-0.2, 0) is 22.4 Å². The lowest BCUT2D eigenvalue weighted by Crippen LogP contribution is -2.26. The number of benzene rings is 2. The van der Waals surface area contributed by atoms with E-state index in [-0.39, 0.29) is 30.1 Å². The van der Waals surface area contributed by atoms with Crippen LogP contribution < -0.4 is 16.0 Å². The van der Waals surface area contributed by atoms with Crippen LogP contribution in [0.1, 0.15) is 88.5 Å². The topological polar surface area (TPSA) is 146 Å². The Bertz CT molecular complexity index is 1660. The van der Waals surface area contributed by atoms with Crippen LogP contribution in [0.15, 0.2) is 48.5 Å². The molecule has 2 aliphatic rings. The second kappa shape index (κ2) is 14.2. The first kappa shape index (κ1) is 30.0. The summed E-state index contributed by atoms with van der Waals surface area (Å²) in [5.41, 5.74) is 3.63. The van der Waals surface area contributed by atoms with E-state index in [2.05, 4.69) is 54.5 Å². The molecule has 4 aromatic rings. The van der Waals surface area contributed by atoms with Crippen molar-refractivity contribution >= 4 is 44.8 Å². The normalized spacial score (nSPS) is 18.8. The summed E-state index contributed by atoms with van der Waals surface area (Å²) in [6, 6.07) is 17.5. The second-order valence-electron chi connectivity index (χ2n) is 11.5. The Morgan fingerprint density at radius 3 is 2.00 bits per heavy atom.